The SMILES string of the molecule is CCCCNc1cc(C(=O)O[C@@H]2CC[C@@H]3CC(C)CCC3C2)c(N)c2c1C(=O)c1ccccc1C2=O. The fourth-order valence-electron chi connectivity index (χ4n) is 6.43. The lowest BCUT2D eigenvalue weighted by Crippen LogP contribution is -2.35. The van der Waals surface area contributed by atoms with E-state index >= 15 is 0 Å². The lowest BCUT2D eigenvalue weighted by atomic mass is 9.67. The van der Waals surface area contributed by atoms with Crippen molar-refractivity contribution in [2.45, 2.75) is 71.3 Å². The van der Waals surface area contributed by atoms with Gasteiger partial charge in [-0.25, -0.2) is 4.79 Å². The molecule has 2 aromatic carbocycles. The van der Waals surface area contributed by atoms with Gasteiger partial charge in [0.15, 0.2) is 11.6 Å². The summed E-state index contributed by atoms with van der Waals surface area (Å²) < 4.78 is 5.99. The van der Waals surface area contributed by atoms with Crippen LogP contribution >= 0.6 is 0 Å². The number of hydrogen-bond donors (Lipinski definition) is 2. The van der Waals surface area contributed by atoms with Crippen molar-refractivity contribution < 1.29 is 19.1 Å². The van der Waals surface area contributed by atoms with Crippen molar-refractivity contribution in [1.82, 2.24) is 0 Å². The highest BCUT2D eigenvalue weighted by molar-refractivity contribution is 6.32. The van der Waals surface area contributed by atoms with Crippen molar-refractivity contribution in [3.8, 4) is 0 Å². The summed E-state index contributed by atoms with van der Waals surface area (Å²) in [6.07, 6.45) is 8.26. The minimum Gasteiger partial charge on any atom is -0.459 e. The number of carbonyl (C=O) groups is 3. The summed E-state index contributed by atoms with van der Waals surface area (Å²) in [6.45, 7) is 5.03. The number of nitrogen functional groups attached to an aromatic ring is 1. The summed E-state index contributed by atoms with van der Waals surface area (Å²) in [5, 5.41) is 3.29. The van der Waals surface area contributed by atoms with E-state index in [0.717, 1.165) is 43.9 Å². The van der Waals surface area contributed by atoms with Crippen molar-refractivity contribution in [2.75, 3.05) is 17.6 Å². The first kappa shape index (κ1) is 24.5. The molecule has 36 heavy (non-hydrogen) atoms. The number of nitrogens with one attached hydrogen (secondary N) is 1. The van der Waals surface area contributed by atoms with Crippen LogP contribution in [0.3, 0.4) is 0 Å². The number of ketones is 2. The molecule has 3 aliphatic rings. The molecule has 190 valence electrons. The fourth-order valence-corrected chi connectivity index (χ4v) is 6.43. The first-order chi connectivity index (χ1) is 17.4. The smallest absolute Gasteiger partial charge is 0.340 e. The first-order valence-corrected chi connectivity index (χ1v) is 13.5. The second-order valence-electron chi connectivity index (χ2n) is 10.9. The standard InChI is InChI=1S/C30H36N2O4/c1-3-4-13-32-24-16-23(30(35)36-20-12-11-18-14-17(2)9-10-19(18)15-20)27(31)26-25(24)28(33)21-7-5-6-8-22(21)29(26)34/h5-8,16-20,32H,3-4,9-15,31H2,1-2H3/t17?,18-,19?,20-/m1/s1. The van der Waals surface area contributed by atoms with E-state index in [1.807, 2.05) is 0 Å². The van der Waals surface area contributed by atoms with Crippen molar-refractivity contribution in [3.05, 3.63) is 58.1 Å². The van der Waals surface area contributed by atoms with Gasteiger partial charge in [0.2, 0.25) is 0 Å². The number of ether oxygens (including phenoxy) is 1. The molecule has 2 unspecified atom stereocenters. The monoisotopic (exact) mass is 488 g/mol. The third kappa shape index (κ3) is 4.42. The molecule has 4 atom stereocenters. The molecule has 5 rings (SSSR count). The summed E-state index contributed by atoms with van der Waals surface area (Å²) in [5.74, 6) is 1.02. The summed E-state index contributed by atoms with van der Waals surface area (Å²) in [6, 6.07) is 8.38. The van der Waals surface area contributed by atoms with Gasteiger partial charge in [0.05, 0.1) is 22.4 Å². The van der Waals surface area contributed by atoms with Crippen molar-refractivity contribution in [2.24, 2.45) is 17.8 Å². The number of rotatable bonds is 6. The maximum absolute atomic E-state index is 13.5. The van der Waals surface area contributed by atoms with Crippen LogP contribution < -0.4 is 11.1 Å². The van der Waals surface area contributed by atoms with E-state index in [9.17, 15) is 14.4 Å². The van der Waals surface area contributed by atoms with Crippen LogP contribution in [0.4, 0.5) is 11.4 Å². The zero-order chi connectivity index (χ0) is 25.4. The topological polar surface area (TPSA) is 98.5 Å². The molecule has 0 bridgehead atoms. The van der Waals surface area contributed by atoms with Crippen molar-refractivity contribution >= 4 is 28.9 Å². The third-order valence-corrected chi connectivity index (χ3v) is 8.40. The van der Waals surface area contributed by atoms with Crippen LogP contribution in [0.5, 0.6) is 0 Å². The number of nitrogens with two attached hydrogens (primary N) is 1. The van der Waals surface area contributed by atoms with E-state index < -0.39 is 5.97 Å². The van der Waals surface area contributed by atoms with Crippen LogP contribution in [0.15, 0.2) is 30.3 Å². The summed E-state index contributed by atoms with van der Waals surface area (Å²) >= 11 is 0. The van der Waals surface area contributed by atoms with Crippen LogP contribution in [-0.2, 0) is 4.74 Å². The van der Waals surface area contributed by atoms with E-state index in [1.54, 1.807) is 30.3 Å². The van der Waals surface area contributed by atoms with Crippen LogP contribution in [0.1, 0.15) is 107 Å². The molecule has 0 heterocycles. The van der Waals surface area contributed by atoms with Gasteiger partial charge >= 0.3 is 5.97 Å². The van der Waals surface area contributed by atoms with Gasteiger partial charge in [-0.2, -0.15) is 0 Å². The highest BCUT2D eigenvalue weighted by Gasteiger charge is 2.38. The predicted molar refractivity (Wildman–Crippen MR) is 141 cm³/mol. The molecule has 2 saturated carbocycles. The lowest BCUT2D eigenvalue weighted by molar-refractivity contribution is -0.00482. The molecular formula is C30H36N2O4. The van der Waals surface area contributed by atoms with Gasteiger partial charge in [-0.05, 0) is 62.3 Å². The third-order valence-electron chi connectivity index (χ3n) is 8.40. The fraction of sp³-hybridized carbons (Fsp3) is 0.500. The molecule has 6 heteroatoms. The molecule has 0 aromatic heterocycles. The Labute approximate surface area is 213 Å². The van der Waals surface area contributed by atoms with E-state index in [1.165, 1.54) is 19.3 Å². The molecule has 0 aliphatic heterocycles. The Hall–Kier alpha value is -3.15. The van der Waals surface area contributed by atoms with E-state index in [0.29, 0.717) is 29.3 Å². The lowest BCUT2D eigenvalue weighted by Gasteiger charge is -2.41. The molecular weight excluding hydrogens is 452 g/mol. The maximum atomic E-state index is 13.5. The number of benzene rings is 2. The second kappa shape index (κ2) is 10.1. The molecule has 6 nitrogen and oxygen atoms in total. The van der Waals surface area contributed by atoms with Crippen molar-refractivity contribution in [3.63, 3.8) is 0 Å². The Balaban J connectivity index is 1.46. The van der Waals surface area contributed by atoms with Gasteiger partial charge in [0, 0.05) is 23.4 Å². The number of fused-ring (bicyclic) bond motifs is 3. The zero-order valence-electron chi connectivity index (χ0n) is 21.3. The van der Waals surface area contributed by atoms with Crippen LogP contribution in [0.25, 0.3) is 0 Å². The van der Waals surface area contributed by atoms with Crippen LogP contribution in [0.2, 0.25) is 0 Å². The molecule has 0 radical (unpaired) electrons. The predicted octanol–water partition coefficient (Wildman–Crippen LogP) is 6.02. The zero-order valence-corrected chi connectivity index (χ0v) is 21.3. The van der Waals surface area contributed by atoms with Gasteiger partial charge in [-0.1, -0.05) is 51.0 Å². The second-order valence-corrected chi connectivity index (χ2v) is 10.9. The molecule has 2 fully saturated rings. The Morgan fingerprint density at radius 2 is 1.67 bits per heavy atom. The number of hydrogen-bond acceptors (Lipinski definition) is 6. The number of carbonyl (C=O) groups excluding carboxylic acids is 3. The molecule has 2 aromatic rings. The van der Waals surface area contributed by atoms with Crippen molar-refractivity contribution in [1.29, 1.82) is 0 Å². The number of unbranched alkanes of at least 4 members (excludes halogenated alkanes) is 1. The Bertz CT molecular complexity index is 1200. The molecule has 0 amide bonds. The van der Waals surface area contributed by atoms with Gasteiger partial charge in [-0.15, -0.1) is 0 Å². The quantitative estimate of drug-likeness (QED) is 0.250. The van der Waals surface area contributed by atoms with Gasteiger partial charge in [0.1, 0.15) is 6.10 Å². The van der Waals surface area contributed by atoms with E-state index in [-0.39, 0.29) is 40.0 Å². The summed E-state index contributed by atoms with van der Waals surface area (Å²) in [4.78, 5) is 40.4. The molecule has 3 aliphatic carbocycles. The maximum Gasteiger partial charge on any atom is 0.340 e. The Morgan fingerprint density at radius 1 is 1.00 bits per heavy atom. The average Bonchev–Trinajstić information content (AvgIpc) is 2.88. The molecule has 0 saturated heterocycles. The number of anilines is 2. The summed E-state index contributed by atoms with van der Waals surface area (Å²) in [7, 11) is 0. The highest BCUT2D eigenvalue weighted by Crippen LogP contribution is 2.44. The van der Waals surface area contributed by atoms with Gasteiger partial charge < -0.3 is 15.8 Å². The highest BCUT2D eigenvalue weighted by atomic mass is 16.5. The average molecular weight is 489 g/mol. The Kier molecular flexibility index (Phi) is 6.87. The summed E-state index contributed by atoms with van der Waals surface area (Å²) in [5.41, 5.74) is 8.16. The minimum absolute atomic E-state index is 0.0315. The Morgan fingerprint density at radius 3 is 2.39 bits per heavy atom. The van der Waals surface area contributed by atoms with E-state index in [4.69, 9.17) is 10.5 Å². The molecule has 3 N–H and O–H groups in total. The minimum atomic E-state index is -0.513. The largest absolute Gasteiger partial charge is 0.459 e. The van der Waals surface area contributed by atoms with Crippen LogP contribution in [0, 0.1) is 17.8 Å². The van der Waals surface area contributed by atoms with E-state index in [2.05, 4.69) is 19.2 Å². The number of esters is 1. The van der Waals surface area contributed by atoms with Crippen LogP contribution in [-0.4, -0.2) is 30.2 Å². The van der Waals surface area contributed by atoms with Gasteiger partial charge in [0.25, 0.3) is 0 Å². The molecule has 0 spiro atoms. The normalized spacial score (nSPS) is 24.9. The first-order valence-electron chi connectivity index (χ1n) is 13.5. The van der Waals surface area contributed by atoms with Gasteiger partial charge in [-0.3, -0.25) is 9.59 Å².